The van der Waals surface area contributed by atoms with Gasteiger partial charge in [0.2, 0.25) is 0 Å². The molecule has 0 radical (unpaired) electrons. The average molecular weight is 421 g/mol. The summed E-state index contributed by atoms with van der Waals surface area (Å²) < 4.78 is 0. The van der Waals surface area contributed by atoms with Crippen molar-refractivity contribution in [2.45, 2.75) is 0 Å². The minimum atomic E-state index is 1.05. The highest BCUT2D eigenvalue weighted by Crippen LogP contribution is 2.39. The monoisotopic (exact) mass is 420 g/mol. The highest BCUT2D eigenvalue weighted by atomic mass is 14.9. The van der Waals surface area contributed by atoms with Gasteiger partial charge in [0.05, 0.1) is 17.4 Å². The second kappa shape index (κ2) is 7.04. The number of nitrogens with zero attached hydrogens (tertiary/aromatic N) is 1. The van der Waals surface area contributed by atoms with Crippen LogP contribution >= 0.6 is 0 Å². The number of benzene rings is 7. The summed E-state index contributed by atoms with van der Waals surface area (Å²) in [6.07, 6.45) is 1.73. The molecule has 1 aromatic heterocycles. The van der Waals surface area contributed by atoms with E-state index in [4.69, 9.17) is 0 Å². The Hall–Kier alpha value is -4.43. The van der Waals surface area contributed by atoms with Crippen LogP contribution in [0.4, 0.5) is 0 Å². The van der Waals surface area contributed by atoms with Crippen LogP contribution < -0.4 is 0 Å². The van der Waals surface area contributed by atoms with Crippen molar-refractivity contribution in [1.29, 1.82) is 0 Å². The van der Waals surface area contributed by atoms with E-state index in [1.165, 1.54) is 53.9 Å². The van der Waals surface area contributed by atoms with Gasteiger partial charge in [-0.05, 0) is 54.5 Å². The molecular formula is C31H20N2. The van der Waals surface area contributed by atoms with Crippen molar-refractivity contribution in [2.75, 3.05) is 0 Å². The number of hydrogen-bond donors (Lipinski definition) is 1. The first-order valence-corrected chi connectivity index (χ1v) is 11.2. The zero-order valence-electron chi connectivity index (χ0n) is 17.9. The zero-order valence-corrected chi connectivity index (χ0v) is 17.9. The van der Waals surface area contributed by atoms with Crippen LogP contribution in [0.15, 0.2) is 116 Å². The molecule has 2 heteroatoms. The van der Waals surface area contributed by atoms with Crippen LogP contribution in [0.2, 0.25) is 0 Å². The highest BCUT2D eigenvalue weighted by molar-refractivity contribution is 6.32. The van der Waals surface area contributed by atoms with Crippen molar-refractivity contribution in [1.82, 2.24) is 9.97 Å². The van der Waals surface area contributed by atoms with Gasteiger partial charge >= 0.3 is 0 Å². The Bertz CT molecular complexity index is 1760. The van der Waals surface area contributed by atoms with Crippen molar-refractivity contribution in [3.63, 3.8) is 0 Å². The number of nitrogens with one attached hydrogen (secondary N) is 1. The van der Waals surface area contributed by atoms with Gasteiger partial charge in [0.25, 0.3) is 0 Å². The van der Waals surface area contributed by atoms with E-state index in [9.17, 15) is 0 Å². The first-order chi connectivity index (χ1) is 16.4. The van der Waals surface area contributed by atoms with Gasteiger partial charge in [0.15, 0.2) is 0 Å². The molecular weight excluding hydrogens is 400 g/mol. The first kappa shape index (κ1) is 18.2. The van der Waals surface area contributed by atoms with Crippen molar-refractivity contribution < 1.29 is 0 Å². The lowest BCUT2D eigenvalue weighted by Gasteiger charge is -2.13. The molecule has 0 bridgehead atoms. The van der Waals surface area contributed by atoms with Crippen LogP contribution in [0.25, 0.3) is 64.9 Å². The van der Waals surface area contributed by atoms with E-state index in [-0.39, 0.29) is 0 Å². The van der Waals surface area contributed by atoms with Crippen molar-refractivity contribution in [3.05, 3.63) is 116 Å². The van der Waals surface area contributed by atoms with Crippen LogP contribution in [0, 0.1) is 0 Å². The maximum absolute atomic E-state index is 4.29. The molecule has 0 aliphatic heterocycles. The van der Waals surface area contributed by atoms with E-state index in [0.717, 1.165) is 11.0 Å². The zero-order chi connectivity index (χ0) is 21.8. The lowest BCUT2D eigenvalue weighted by Crippen LogP contribution is -1.85. The molecule has 0 saturated carbocycles. The van der Waals surface area contributed by atoms with E-state index in [0.29, 0.717) is 0 Å². The van der Waals surface area contributed by atoms with Crippen LogP contribution in [-0.4, -0.2) is 9.97 Å². The Morgan fingerprint density at radius 1 is 0.424 bits per heavy atom. The predicted molar refractivity (Wildman–Crippen MR) is 141 cm³/mol. The van der Waals surface area contributed by atoms with Gasteiger partial charge in [-0.3, -0.25) is 0 Å². The summed E-state index contributed by atoms with van der Waals surface area (Å²) >= 11 is 0. The summed E-state index contributed by atoms with van der Waals surface area (Å²) in [4.78, 5) is 7.39. The Labute approximate surface area is 190 Å². The molecule has 154 valence electrons. The predicted octanol–water partition coefficient (Wildman–Crippen LogP) is 8.45. The minimum Gasteiger partial charge on any atom is -0.345 e. The van der Waals surface area contributed by atoms with Crippen LogP contribution in [-0.2, 0) is 0 Å². The molecule has 8 rings (SSSR count). The van der Waals surface area contributed by atoms with Crippen molar-refractivity contribution in [2.24, 2.45) is 0 Å². The van der Waals surface area contributed by atoms with Gasteiger partial charge in [-0.25, -0.2) is 4.98 Å². The molecule has 2 nitrogen and oxygen atoms in total. The third kappa shape index (κ3) is 2.71. The van der Waals surface area contributed by atoms with E-state index in [1.54, 1.807) is 6.33 Å². The quantitative estimate of drug-likeness (QED) is 0.193. The molecule has 7 aromatic carbocycles. The number of H-pyrrole nitrogens is 1. The number of fused-ring (bicyclic) bond motifs is 5. The molecule has 8 aromatic rings. The van der Waals surface area contributed by atoms with Gasteiger partial charge in [-0.1, -0.05) is 103 Å². The fourth-order valence-corrected chi connectivity index (χ4v) is 5.26. The summed E-state index contributed by atoms with van der Waals surface area (Å²) in [5, 5.41) is 13.3. The van der Waals surface area contributed by atoms with Crippen molar-refractivity contribution >= 4 is 64.9 Å². The van der Waals surface area contributed by atoms with Gasteiger partial charge in [0.1, 0.15) is 0 Å². The normalized spacial score (nSPS) is 11.6. The van der Waals surface area contributed by atoms with Gasteiger partial charge in [-0.2, -0.15) is 0 Å². The van der Waals surface area contributed by atoms with E-state index < -0.39 is 0 Å². The van der Waals surface area contributed by atoms with Crippen LogP contribution in [0.1, 0.15) is 0 Å². The lowest BCUT2D eigenvalue weighted by atomic mass is 9.90. The SMILES string of the molecule is c1cc2cccc3c4cccc5cccc(c(c1)c23)c54.c1ccc2c(c1)ccc1[nH]cnc12. The molecule has 0 saturated heterocycles. The van der Waals surface area contributed by atoms with E-state index in [2.05, 4.69) is 107 Å². The molecule has 0 fully saturated rings. The number of rotatable bonds is 0. The topological polar surface area (TPSA) is 28.7 Å². The maximum atomic E-state index is 4.29. The minimum absolute atomic E-state index is 1.05. The van der Waals surface area contributed by atoms with Gasteiger partial charge in [0, 0.05) is 5.39 Å². The Morgan fingerprint density at radius 3 is 1.48 bits per heavy atom. The Morgan fingerprint density at radius 2 is 0.909 bits per heavy atom. The summed E-state index contributed by atoms with van der Waals surface area (Å²) in [5.41, 5.74) is 2.15. The van der Waals surface area contributed by atoms with Crippen molar-refractivity contribution in [3.8, 4) is 0 Å². The Kier molecular flexibility index (Phi) is 3.88. The molecule has 0 amide bonds. The van der Waals surface area contributed by atoms with Crippen LogP contribution in [0.3, 0.4) is 0 Å². The number of hydrogen-bond acceptors (Lipinski definition) is 1. The van der Waals surface area contributed by atoms with Gasteiger partial charge in [-0.15, -0.1) is 0 Å². The largest absolute Gasteiger partial charge is 0.345 e. The molecule has 0 atom stereocenters. The standard InChI is InChI=1S/C20H12.C11H8N2/c1-5-13-6-2-11-17-18-12-4-8-14-7-3-10-16(20(14)18)15(9-1)19(13)17;1-2-4-9-8(3-1)5-6-10-11(9)13-7-12-10/h1-12H;1-7H,(H,12,13). The second-order valence-corrected chi connectivity index (χ2v) is 8.50. The van der Waals surface area contributed by atoms with E-state index >= 15 is 0 Å². The summed E-state index contributed by atoms with van der Waals surface area (Å²) in [5.74, 6) is 0. The number of aromatic amines is 1. The third-order valence-electron chi connectivity index (χ3n) is 6.70. The molecule has 33 heavy (non-hydrogen) atoms. The van der Waals surface area contributed by atoms with Crippen LogP contribution in [0.5, 0.6) is 0 Å². The number of aromatic nitrogens is 2. The Balaban J connectivity index is 0.000000127. The van der Waals surface area contributed by atoms with Gasteiger partial charge < -0.3 is 4.98 Å². The first-order valence-electron chi connectivity index (χ1n) is 11.2. The maximum Gasteiger partial charge on any atom is 0.0960 e. The summed E-state index contributed by atoms with van der Waals surface area (Å²) in [6, 6.07) is 38.9. The third-order valence-corrected chi connectivity index (χ3v) is 6.70. The summed E-state index contributed by atoms with van der Waals surface area (Å²) in [6.45, 7) is 0. The lowest BCUT2D eigenvalue weighted by molar-refractivity contribution is 1.35. The molecule has 1 N–H and O–H groups in total. The molecule has 0 spiro atoms. The fourth-order valence-electron chi connectivity index (χ4n) is 5.26. The second-order valence-electron chi connectivity index (χ2n) is 8.50. The average Bonchev–Trinajstić information content (AvgIpc) is 3.37. The summed E-state index contributed by atoms with van der Waals surface area (Å²) in [7, 11) is 0. The fraction of sp³-hybridized carbons (Fsp3) is 0. The molecule has 0 aliphatic rings. The van der Waals surface area contributed by atoms with E-state index in [1.807, 2.05) is 12.1 Å². The molecule has 0 unspecified atom stereocenters. The highest BCUT2D eigenvalue weighted by Gasteiger charge is 2.11. The molecule has 1 heterocycles. The number of imidazole rings is 1. The molecule has 0 aliphatic carbocycles. The smallest absolute Gasteiger partial charge is 0.0960 e.